The van der Waals surface area contributed by atoms with E-state index in [0.717, 1.165) is 25.7 Å². The largest absolute Gasteiger partial charge is 0.466 e. The van der Waals surface area contributed by atoms with E-state index in [1.54, 1.807) is 13.8 Å². The number of hydrogen-bond acceptors (Lipinski definition) is 4. The molecule has 0 spiro atoms. The maximum absolute atomic E-state index is 12.4. The molecule has 4 heteroatoms. The Morgan fingerprint density at radius 3 is 1.95 bits per heavy atom. The molecule has 1 aliphatic rings. The lowest BCUT2D eigenvalue weighted by Gasteiger charge is -2.30. The van der Waals surface area contributed by atoms with E-state index in [1.807, 2.05) is 13.8 Å². The predicted molar refractivity (Wildman–Crippen MR) is 77.0 cm³/mol. The van der Waals surface area contributed by atoms with Gasteiger partial charge in [0.05, 0.1) is 25.0 Å². The molecule has 0 heterocycles. The quantitative estimate of drug-likeness (QED) is 0.674. The van der Waals surface area contributed by atoms with Crippen molar-refractivity contribution in [2.45, 2.75) is 53.4 Å². The van der Waals surface area contributed by atoms with E-state index in [9.17, 15) is 9.59 Å². The third kappa shape index (κ3) is 4.22. The van der Waals surface area contributed by atoms with Crippen molar-refractivity contribution in [3.63, 3.8) is 0 Å². The van der Waals surface area contributed by atoms with Crippen LogP contribution in [0.1, 0.15) is 53.4 Å². The second-order valence-electron chi connectivity index (χ2n) is 5.84. The molecule has 0 aromatic carbocycles. The molecule has 116 valence electrons. The molecule has 0 amide bonds. The van der Waals surface area contributed by atoms with Crippen molar-refractivity contribution >= 4 is 11.9 Å². The van der Waals surface area contributed by atoms with Crippen molar-refractivity contribution in [2.24, 2.45) is 23.7 Å². The van der Waals surface area contributed by atoms with Gasteiger partial charge < -0.3 is 9.47 Å². The minimum absolute atomic E-state index is 0.0732. The molecular weight excluding hydrogens is 256 g/mol. The van der Waals surface area contributed by atoms with E-state index in [4.69, 9.17) is 9.47 Å². The lowest BCUT2D eigenvalue weighted by Crippen LogP contribution is -2.39. The molecule has 2 atom stereocenters. The summed E-state index contributed by atoms with van der Waals surface area (Å²) in [5.74, 6) is -0.901. The van der Waals surface area contributed by atoms with Crippen LogP contribution >= 0.6 is 0 Å². The molecule has 20 heavy (non-hydrogen) atoms. The number of hydrogen-bond donors (Lipinski definition) is 0. The normalized spacial score (nSPS) is 18.9. The highest BCUT2D eigenvalue weighted by molar-refractivity contribution is 5.82. The molecule has 0 bridgehead atoms. The molecule has 1 rings (SSSR count). The highest BCUT2D eigenvalue weighted by Crippen LogP contribution is 2.39. The van der Waals surface area contributed by atoms with Crippen LogP contribution in [0.5, 0.6) is 0 Å². The van der Waals surface area contributed by atoms with Gasteiger partial charge in [-0.25, -0.2) is 0 Å². The Hall–Kier alpha value is -1.06. The van der Waals surface area contributed by atoms with Crippen LogP contribution < -0.4 is 0 Å². The van der Waals surface area contributed by atoms with Crippen LogP contribution in [-0.2, 0) is 19.1 Å². The van der Waals surface area contributed by atoms with Gasteiger partial charge in [-0.05, 0) is 38.5 Å². The SMILES string of the molecule is CCOC(=O)C(C(C)C)C(C(=O)OCC)C1CCCC1. The first-order valence-electron chi connectivity index (χ1n) is 7.86. The van der Waals surface area contributed by atoms with Gasteiger partial charge in [0.25, 0.3) is 0 Å². The first-order valence-corrected chi connectivity index (χ1v) is 7.86. The molecule has 0 N–H and O–H groups in total. The Morgan fingerprint density at radius 2 is 1.50 bits per heavy atom. The summed E-state index contributed by atoms with van der Waals surface area (Å²) in [5.41, 5.74) is 0. The van der Waals surface area contributed by atoms with Crippen molar-refractivity contribution in [2.75, 3.05) is 13.2 Å². The van der Waals surface area contributed by atoms with Gasteiger partial charge in [-0.3, -0.25) is 9.59 Å². The van der Waals surface area contributed by atoms with E-state index >= 15 is 0 Å². The first kappa shape index (κ1) is 17.0. The Kier molecular flexibility index (Phi) is 7.03. The summed E-state index contributed by atoms with van der Waals surface area (Å²) >= 11 is 0. The fraction of sp³-hybridized carbons (Fsp3) is 0.875. The van der Waals surface area contributed by atoms with E-state index in [0.29, 0.717) is 13.2 Å². The Bertz CT molecular complexity index is 318. The Balaban J connectivity index is 2.96. The number of carbonyl (C=O) groups is 2. The zero-order valence-electron chi connectivity index (χ0n) is 13.2. The fourth-order valence-electron chi connectivity index (χ4n) is 3.26. The molecule has 1 aliphatic carbocycles. The lowest BCUT2D eigenvalue weighted by atomic mass is 9.75. The van der Waals surface area contributed by atoms with Crippen LogP contribution in [0.15, 0.2) is 0 Å². The molecular formula is C16H28O4. The van der Waals surface area contributed by atoms with Crippen molar-refractivity contribution in [3.05, 3.63) is 0 Å². The van der Waals surface area contributed by atoms with Crippen LogP contribution in [0, 0.1) is 23.7 Å². The summed E-state index contributed by atoms with van der Waals surface area (Å²) in [6, 6.07) is 0. The average Bonchev–Trinajstić information content (AvgIpc) is 2.88. The van der Waals surface area contributed by atoms with E-state index in [2.05, 4.69) is 0 Å². The van der Waals surface area contributed by atoms with Gasteiger partial charge in [-0.1, -0.05) is 26.7 Å². The standard InChI is InChI=1S/C16H28O4/c1-5-19-15(17)13(11(3)4)14(16(18)20-6-2)12-9-7-8-10-12/h11-14H,5-10H2,1-4H3. The summed E-state index contributed by atoms with van der Waals surface area (Å²) in [6.07, 6.45) is 4.28. The highest BCUT2D eigenvalue weighted by Gasteiger charge is 2.43. The van der Waals surface area contributed by atoms with E-state index < -0.39 is 5.92 Å². The van der Waals surface area contributed by atoms with Gasteiger partial charge in [0.1, 0.15) is 0 Å². The number of carbonyl (C=O) groups excluding carboxylic acids is 2. The average molecular weight is 284 g/mol. The van der Waals surface area contributed by atoms with Crippen molar-refractivity contribution in [1.29, 1.82) is 0 Å². The van der Waals surface area contributed by atoms with Crippen molar-refractivity contribution in [1.82, 2.24) is 0 Å². The molecule has 2 unspecified atom stereocenters. The Labute approximate surface area is 122 Å². The Morgan fingerprint density at radius 1 is 1.00 bits per heavy atom. The molecule has 0 aromatic rings. The van der Waals surface area contributed by atoms with Gasteiger partial charge in [-0.15, -0.1) is 0 Å². The first-order chi connectivity index (χ1) is 9.52. The van der Waals surface area contributed by atoms with Gasteiger partial charge >= 0.3 is 11.9 Å². The minimum atomic E-state index is -0.392. The third-order valence-electron chi connectivity index (χ3n) is 4.13. The molecule has 0 saturated heterocycles. The van der Waals surface area contributed by atoms with Gasteiger partial charge in [0.2, 0.25) is 0 Å². The third-order valence-corrected chi connectivity index (χ3v) is 4.13. The number of ether oxygens (including phenoxy) is 2. The maximum atomic E-state index is 12.4. The summed E-state index contributed by atoms with van der Waals surface area (Å²) in [7, 11) is 0. The van der Waals surface area contributed by atoms with Crippen LogP contribution in [0.4, 0.5) is 0 Å². The maximum Gasteiger partial charge on any atom is 0.310 e. The second-order valence-corrected chi connectivity index (χ2v) is 5.84. The summed E-state index contributed by atoms with van der Waals surface area (Å²) in [5, 5.41) is 0. The smallest absolute Gasteiger partial charge is 0.310 e. The zero-order valence-corrected chi connectivity index (χ0v) is 13.2. The minimum Gasteiger partial charge on any atom is -0.466 e. The van der Waals surface area contributed by atoms with Gasteiger partial charge in [0.15, 0.2) is 0 Å². The molecule has 4 nitrogen and oxygen atoms in total. The number of esters is 2. The van der Waals surface area contributed by atoms with E-state index in [-0.39, 0.29) is 29.7 Å². The predicted octanol–water partition coefficient (Wildman–Crippen LogP) is 3.19. The van der Waals surface area contributed by atoms with Gasteiger partial charge in [-0.2, -0.15) is 0 Å². The highest BCUT2D eigenvalue weighted by atomic mass is 16.5. The van der Waals surface area contributed by atoms with Crippen LogP contribution in [0.3, 0.4) is 0 Å². The van der Waals surface area contributed by atoms with Crippen molar-refractivity contribution in [3.8, 4) is 0 Å². The summed E-state index contributed by atoms with van der Waals surface area (Å²) < 4.78 is 10.4. The zero-order chi connectivity index (χ0) is 15.1. The van der Waals surface area contributed by atoms with Crippen LogP contribution in [-0.4, -0.2) is 25.2 Å². The van der Waals surface area contributed by atoms with Gasteiger partial charge in [0, 0.05) is 0 Å². The van der Waals surface area contributed by atoms with E-state index in [1.165, 1.54) is 0 Å². The molecule has 0 radical (unpaired) electrons. The summed E-state index contributed by atoms with van der Waals surface area (Å²) in [4.78, 5) is 24.6. The second kappa shape index (κ2) is 8.28. The van der Waals surface area contributed by atoms with Crippen LogP contribution in [0.25, 0.3) is 0 Å². The summed E-state index contributed by atoms with van der Waals surface area (Å²) in [6.45, 7) is 8.26. The van der Waals surface area contributed by atoms with Crippen molar-refractivity contribution < 1.29 is 19.1 Å². The molecule has 0 aliphatic heterocycles. The monoisotopic (exact) mass is 284 g/mol. The molecule has 0 aromatic heterocycles. The molecule has 1 saturated carbocycles. The number of rotatable bonds is 7. The molecule has 1 fully saturated rings. The van der Waals surface area contributed by atoms with Crippen LogP contribution in [0.2, 0.25) is 0 Å². The fourth-order valence-corrected chi connectivity index (χ4v) is 3.26. The topological polar surface area (TPSA) is 52.6 Å². The lowest BCUT2D eigenvalue weighted by molar-refractivity contribution is -0.165.